The van der Waals surface area contributed by atoms with E-state index in [4.69, 9.17) is 9.47 Å². The van der Waals surface area contributed by atoms with Crippen molar-refractivity contribution in [1.82, 2.24) is 20.0 Å². The number of carbonyl (C=O) groups is 1. The van der Waals surface area contributed by atoms with Gasteiger partial charge in [-0.1, -0.05) is 42.5 Å². The van der Waals surface area contributed by atoms with Gasteiger partial charge >= 0.3 is 0 Å². The first-order valence-corrected chi connectivity index (χ1v) is 12.0. The maximum Gasteiger partial charge on any atom is 0.237 e. The average Bonchev–Trinajstić information content (AvgIpc) is 3.60. The molecule has 7 nitrogen and oxygen atoms in total. The largest absolute Gasteiger partial charge is 0.497 e. The van der Waals surface area contributed by atoms with Crippen molar-refractivity contribution in [3.8, 4) is 17.0 Å². The van der Waals surface area contributed by atoms with Crippen molar-refractivity contribution in [1.29, 1.82) is 0 Å². The van der Waals surface area contributed by atoms with Crippen molar-refractivity contribution >= 4 is 5.91 Å². The van der Waals surface area contributed by atoms with Crippen LogP contribution in [-0.2, 0) is 22.6 Å². The third kappa shape index (κ3) is 5.66. The van der Waals surface area contributed by atoms with Gasteiger partial charge in [0.2, 0.25) is 5.91 Å². The summed E-state index contributed by atoms with van der Waals surface area (Å²) in [5, 5.41) is 7.43. The first-order chi connectivity index (χ1) is 16.7. The third-order valence-electron chi connectivity index (χ3n) is 6.54. The van der Waals surface area contributed by atoms with Gasteiger partial charge in [-0.15, -0.1) is 0 Å². The molecule has 3 aromatic rings. The normalized spacial score (nSPS) is 19.3. The molecule has 0 radical (unpaired) electrons. The van der Waals surface area contributed by atoms with E-state index in [0.29, 0.717) is 38.6 Å². The quantitative estimate of drug-likeness (QED) is 0.527. The van der Waals surface area contributed by atoms with Crippen LogP contribution in [0.4, 0.5) is 0 Å². The Morgan fingerprint density at radius 3 is 2.71 bits per heavy atom. The maximum absolute atomic E-state index is 13.3. The number of ether oxygens (including phenoxy) is 2. The van der Waals surface area contributed by atoms with E-state index in [2.05, 4.69) is 27.2 Å². The van der Waals surface area contributed by atoms with Gasteiger partial charge in [0.1, 0.15) is 5.75 Å². The van der Waals surface area contributed by atoms with E-state index in [1.54, 1.807) is 7.11 Å². The molecule has 2 aliphatic rings. The molecule has 0 spiro atoms. The molecule has 2 heterocycles. The van der Waals surface area contributed by atoms with Gasteiger partial charge in [0, 0.05) is 38.3 Å². The summed E-state index contributed by atoms with van der Waals surface area (Å²) in [6.07, 6.45) is 4.34. The van der Waals surface area contributed by atoms with Crippen LogP contribution in [0.2, 0.25) is 0 Å². The van der Waals surface area contributed by atoms with Crippen molar-refractivity contribution in [3.63, 3.8) is 0 Å². The van der Waals surface area contributed by atoms with E-state index in [1.165, 1.54) is 12.8 Å². The van der Waals surface area contributed by atoms with E-state index < -0.39 is 0 Å². The molecule has 7 heteroatoms. The molecule has 178 valence electrons. The molecule has 1 amide bonds. The minimum Gasteiger partial charge on any atom is -0.497 e. The molecule has 34 heavy (non-hydrogen) atoms. The predicted molar refractivity (Wildman–Crippen MR) is 130 cm³/mol. The monoisotopic (exact) mass is 460 g/mol. The number of hydrogen-bond acceptors (Lipinski definition) is 5. The number of H-pyrrole nitrogens is 1. The van der Waals surface area contributed by atoms with Gasteiger partial charge in [-0.05, 0) is 42.0 Å². The SMILES string of the molecule is COc1cccc(CN2CC(OCC3CC3)CN(Cc3cn[nH]c3-c3ccccc3)CC2=O)c1. The van der Waals surface area contributed by atoms with Crippen LogP contribution < -0.4 is 4.74 Å². The molecule has 1 aromatic heterocycles. The van der Waals surface area contributed by atoms with Crippen LogP contribution in [0.5, 0.6) is 5.75 Å². The predicted octanol–water partition coefficient (Wildman–Crippen LogP) is 3.72. The summed E-state index contributed by atoms with van der Waals surface area (Å²) in [6, 6.07) is 18.1. The van der Waals surface area contributed by atoms with Crippen LogP contribution >= 0.6 is 0 Å². The Morgan fingerprint density at radius 2 is 1.91 bits per heavy atom. The van der Waals surface area contributed by atoms with Gasteiger partial charge in [-0.3, -0.25) is 14.8 Å². The summed E-state index contributed by atoms with van der Waals surface area (Å²) in [5.74, 6) is 1.60. The summed E-state index contributed by atoms with van der Waals surface area (Å²) in [6.45, 7) is 3.63. The number of rotatable bonds is 9. The third-order valence-corrected chi connectivity index (χ3v) is 6.54. The minimum atomic E-state index is -0.0234. The van der Waals surface area contributed by atoms with Gasteiger partial charge in [0.15, 0.2) is 0 Å². The van der Waals surface area contributed by atoms with Crippen LogP contribution in [-0.4, -0.2) is 65.4 Å². The number of amides is 1. The van der Waals surface area contributed by atoms with E-state index in [9.17, 15) is 4.79 Å². The zero-order valence-electron chi connectivity index (χ0n) is 19.7. The molecule has 5 rings (SSSR count). The molecular formula is C27H32N4O3. The Hall–Kier alpha value is -3.16. The lowest BCUT2D eigenvalue weighted by atomic mass is 10.1. The number of methoxy groups -OCH3 is 1. The fourth-order valence-electron chi connectivity index (χ4n) is 4.50. The highest BCUT2D eigenvalue weighted by molar-refractivity contribution is 5.78. The molecule has 1 saturated heterocycles. The van der Waals surface area contributed by atoms with E-state index in [1.807, 2.05) is 53.6 Å². The Morgan fingerprint density at radius 1 is 1.06 bits per heavy atom. The van der Waals surface area contributed by atoms with Crippen molar-refractivity contribution in [3.05, 3.63) is 71.9 Å². The fourth-order valence-corrected chi connectivity index (χ4v) is 4.50. The smallest absolute Gasteiger partial charge is 0.237 e. The van der Waals surface area contributed by atoms with Crippen molar-refractivity contribution in [2.45, 2.75) is 32.0 Å². The molecular weight excluding hydrogens is 428 g/mol. The lowest BCUT2D eigenvalue weighted by molar-refractivity contribution is -0.132. The highest BCUT2D eigenvalue weighted by Gasteiger charge is 2.31. The van der Waals surface area contributed by atoms with E-state index in [0.717, 1.165) is 34.7 Å². The van der Waals surface area contributed by atoms with Crippen molar-refractivity contribution < 1.29 is 14.3 Å². The summed E-state index contributed by atoms with van der Waals surface area (Å²) in [7, 11) is 1.66. The van der Waals surface area contributed by atoms with E-state index in [-0.39, 0.29) is 12.0 Å². The van der Waals surface area contributed by atoms with Gasteiger partial charge in [0.05, 0.1) is 31.6 Å². The first kappa shape index (κ1) is 22.6. The Bertz CT molecular complexity index is 1100. The number of benzene rings is 2. The fraction of sp³-hybridized carbons (Fsp3) is 0.407. The summed E-state index contributed by atoms with van der Waals surface area (Å²) >= 11 is 0. The van der Waals surface area contributed by atoms with Crippen LogP contribution in [0.1, 0.15) is 24.0 Å². The van der Waals surface area contributed by atoms with Gasteiger partial charge < -0.3 is 14.4 Å². The van der Waals surface area contributed by atoms with Crippen LogP contribution in [0.25, 0.3) is 11.3 Å². The van der Waals surface area contributed by atoms with Crippen LogP contribution in [0.15, 0.2) is 60.8 Å². The van der Waals surface area contributed by atoms with Crippen LogP contribution in [0, 0.1) is 5.92 Å². The zero-order valence-corrected chi connectivity index (χ0v) is 19.7. The second kappa shape index (κ2) is 10.4. The maximum atomic E-state index is 13.3. The second-order valence-electron chi connectivity index (χ2n) is 9.33. The Balaban J connectivity index is 1.32. The highest BCUT2D eigenvalue weighted by Crippen LogP contribution is 2.30. The lowest BCUT2D eigenvalue weighted by Crippen LogP contribution is -2.37. The molecule has 1 N–H and O–H groups in total. The Labute approximate surface area is 200 Å². The number of hydrogen-bond donors (Lipinski definition) is 1. The first-order valence-electron chi connectivity index (χ1n) is 12.0. The number of nitrogens with one attached hydrogen (secondary N) is 1. The van der Waals surface area contributed by atoms with E-state index >= 15 is 0 Å². The second-order valence-corrected chi connectivity index (χ2v) is 9.33. The molecule has 0 bridgehead atoms. The molecule has 1 saturated carbocycles. The topological polar surface area (TPSA) is 70.7 Å². The highest BCUT2D eigenvalue weighted by atomic mass is 16.5. The summed E-state index contributed by atoms with van der Waals surface area (Å²) < 4.78 is 11.7. The summed E-state index contributed by atoms with van der Waals surface area (Å²) in [4.78, 5) is 17.5. The van der Waals surface area contributed by atoms with Gasteiger partial charge in [-0.25, -0.2) is 0 Å². The minimum absolute atomic E-state index is 0.0234. The number of aromatic nitrogens is 2. The molecule has 1 aliphatic heterocycles. The van der Waals surface area contributed by atoms with Crippen molar-refractivity contribution in [2.75, 3.05) is 33.4 Å². The molecule has 1 atom stereocenters. The van der Waals surface area contributed by atoms with Crippen LogP contribution in [0.3, 0.4) is 0 Å². The van der Waals surface area contributed by atoms with Gasteiger partial charge in [-0.2, -0.15) is 5.10 Å². The van der Waals surface area contributed by atoms with Crippen molar-refractivity contribution in [2.24, 2.45) is 5.92 Å². The number of carbonyl (C=O) groups excluding carboxylic acids is 1. The summed E-state index contributed by atoms with van der Waals surface area (Å²) in [5.41, 5.74) is 4.24. The molecule has 2 aromatic carbocycles. The molecule has 1 unspecified atom stereocenters. The van der Waals surface area contributed by atoms with Gasteiger partial charge in [0.25, 0.3) is 0 Å². The lowest BCUT2D eigenvalue weighted by Gasteiger charge is -2.25. The zero-order chi connectivity index (χ0) is 23.3. The molecule has 2 fully saturated rings. The average molecular weight is 461 g/mol. The number of aromatic amines is 1. The molecule has 1 aliphatic carbocycles. The standard InChI is InChI=1S/C27H32N4O3/c1-33-24-9-5-6-21(12-24)14-31-17-25(34-19-20-10-11-20)16-30(18-26(31)32)15-23-13-28-29-27(23)22-7-3-2-4-8-22/h2-9,12-13,20,25H,10-11,14-19H2,1H3,(H,28,29). The number of nitrogens with zero attached hydrogens (tertiary/aromatic N) is 3. The Kier molecular flexibility index (Phi) is 6.92.